The molecule has 144 valence electrons. The Hall–Kier alpha value is -1.80. The minimum absolute atomic E-state index is 0.217. The Morgan fingerprint density at radius 1 is 1.27 bits per heavy atom. The number of amides is 3. The van der Waals surface area contributed by atoms with Gasteiger partial charge in [0.25, 0.3) is 17.8 Å². The van der Waals surface area contributed by atoms with Crippen LogP contribution in [0.25, 0.3) is 0 Å². The first-order chi connectivity index (χ1) is 12.4. The summed E-state index contributed by atoms with van der Waals surface area (Å²) in [6.45, 7) is 8.78. The van der Waals surface area contributed by atoms with Crippen LogP contribution in [0.4, 0.5) is 4.79 Å². The third kappa shape index (κ3) is 3.53. The highest BCUT2D eigenvalue weighted by atomic mass is 16.5. The van der Waals surface area contributed by atoms with Crippen LogP contribution in [0.3, 0.4) is 0 Å². The molecular formula is C18H30N5O3+. The second-order valence-corrected chi connectivity index (χ2v) is 7.40. The van der Waals surface area contributed by atoms with Gasteiger partial charge in [0, 0.05) is 27.2 Å². The zero-order chi connectivity index (χ0) is 18.8. The Morgan fingerprint density at radius 3 is 2.73 bits per heavy atom. The summed E-state index contributed by atoms with van der Waals surface area (Å²) in [5, 5.41) is 0. The molecule has 0 aromatic heterocycles. The van der Waals surface area contributed by atoms with Gasteiger partial charge in [0.15, 0.2) is 0 Å². The first-order valence-electron chi connectivity index (χ1n) is 9.50. The summed E-state index contributed by atoms with van der Waals surface area (Å²) < 4.78 is 7.54. The molecule has 0 spiro atoms. The Balaban J connectivity index is 1.87. The molecule has 2 atom stereocenters. The zero-order valence-corrected chi connectivity index (χ0v) is 16.3. The van der Waals surface area contributed by atoms with E-state index in [4.69, 9.17) is 9.73 Å². The van der Waals surface area contributed by atoms with Gasteiger partial charge in [-0.3, -0.25) is 19.5 Å². The van der Waals surface area contributed by atoms with E-state index in [2.05, 4.69) is 11.8 Å². The molecule has 0 saturated carbocycles. The summed E-state index contributed by atoms with van der Waals surface area (Å²) >= 11 is 0. The lowest BCUT2D eigenvalue weighted by atomic mass is 10.0. The molecule has 0 radical (unpaired) electrons. The van der Waals surface area contributed by atoms with E-state index in [0.717, 1.165) is 18.9 Å². The van der Waals surface area contributed by atoms with E-state index in [1.807, 2.05) is 11.5 Å². The van der Waals surface area contributed by atoms with Gasteiger partial charge in [-0.05, 0) is 37.2 Å². The van der Waals surface area contributed by atoms with Crippen LogP contribution in [0.15, 0.2) is 4.99 Å². The number of likely N-dealkylation sites (tertiary alicyclic amines) is 1. The fraction of sp³-hybridized carbons (Fsp3) is 0.778. The smallest absolute Gasteiger partial charge is 0.333 e. The largest absolute Gasteiger partial charge is 0.378 e. The minimum atomic E-state index is -0.527. The number of piperidine rings is 1. The van der Waals surface area contributed by atoms with E-state index in [-0.39, 0.29) is 11.9 Å². The second-order valence-electron chi connectivity index (χ2n) is 7.40. The molecule has 0 bridgehead atoms. The van der Waals surface area contributed by atoms with Crippen LogP contribution in [0.1, 0.15) is 26.7 Å². The predicted octanol–water partition coefficient (Wildman–Crippen LogP) is 0.470. The zero-order valence-electron chi connectivity index (χ0n) is 16.3. The molecule has 0 N–H and O–H groups in total. The quantitative estimate of drug-likeness (QED) is 0.508. The summed E-state index contributed by atoms with van der Waals surface area (Å²) in [6, 6.07) is -0.858. The molecule has 3 aliphatic heterocycles. The van der Waals surface area contributed by atoms with Crippen molar-refractivity contribution in [3.05, 3.63) is 0 Å². The van der Waals surface area contributed by atoms with Gasteiger partial charge >= 0.3 is 11.9 Å². The lowest BCUT2D eigenvalue weighted by Crippen LogP contribution is -2.61. The number of fused-ring (bicyclic) bond motifs is 1. The number of nitrogens with zero attached hydrogens (tertiary/aromatic N) is 5. The predicted molar refractivity (Wildman–Crippen MR) is 98.6 cm³/mol. The second kappa shape index (κ2) is 7.84. The van der Waals surface area contributed by atoms with Crippen LogP contribution in [0, 0.1) is 5.92 Å². The number of urea groups is 1. The fourth-order valence-electron chi connectivity index (χ4n) is 3.97. The van der Waals surface area contributed by atoms with Crippen LogP contribution >= 0.6 is 0 Å². The Morgan fingerprint density at radius 2 is 2.04 bits per heavy atom. The van der Waals surface area contributed by atoms with Gasteiger partial charge in [-0.2, -0.15) is 0 Å². The Bertz CT molecular complexity index is 645. The van der Waals surface area contributed by atoms with Gasteiger partial charge in [-0.25, -0.2) is 9.37 Å². The number of amidine groups is 2. The third-order valence-corrected chi connectivity index (χ3v) is 5.40. The lowest BCUT2D eigenvalue weighted by molar-refractivity contribution is -0.539. The molecule has 2 saturated heterocycles. The van der Waals surface area contributed by atoms with Crippen molar-refractivity contribution in [2.75, 3.05) is 53.5 Å². The maximum Gasteiger partial charge on any atom is 0.333 e. The van der Waals surface area contributed by atoms with Crippen molar-refractivity contribution in [2.45, 2.75) is 32.7 Å². The molecule has 0 aromatic carbocycles. The van der Waals surface area contributed by atoms with Crippen molar-refractivity contribution in [1.29, 1.82) is 0 Å². The van der Waals surface area contributed by atoms with E-state index in [1.165, 1.54) is 29.7 Å². The van der Waals surface area contributed by atoms with Gasteiger partial charge in [-0.1, -0.05) is 6.92 Å². The SMILES string of the molecule is CCOCC[N+]1=C(CN2CCCC(C)C2)N=C2C1C(=O)N(C)C(=O)N2C. The molecule has 3 aliphatic rings. The maximum absolute atomic E-state index is 12.8. The van der Waals surface area contributed by atoms with Gasteiger partial charge < -0.3 is 4.74 Å². The maximum atomic E-state index is 12.8. The van der Waals surface area contributed by atoms with Crippen LogP contribution in [-0.2, 0) is 9.53 Å². The number of rotatable bonds is 6. The van der Waals surface area contributed by atoms with Crippen molar-refractivity contribution in [3.8, 4) is 0 Å². The van der Waals surface area contributed by atoms with Crippen LogP contribution in [-0.4, -0.2) is 102 Å². The number of ether oxygens (including phenoxy) is 1. The highest BCUT2D eigenvalue weighted by Gasteiger charge is 2.53. The van der Waals surface area contributed by atoms with E-state index in [0.29, 0.717) is 38.1 Å². The molecule has 3 rings (SSSR count). The summed E-state index contributed by atoms with van der Waals surface area (Å²) in [7, 11) is 3.21. The van der Waals surface area contributed by atoms with Crippen LogP contribution < -0.4 is 0 Å². The summed E-state index contributed by atoms with van der Waals surface area (Å²) in [4.78, 5) is 34.9. The van der Waals surface area contributed by atoms with Crippen molar-refractivity contribution in [1.82, 2.24) is 14.7 Å². The van der Waals surface area contributed by atoms with E-state index in [1.54, 1.807) is 7.05 Å². The Kier molecular flexibility index (Phi) is 5.72. The van der Waals surface area contributed by atoms with Gasteiger partial charge in [-0.15, -0.1) is 0 Å². The van der Waals surface area contributed by atoms with Crippen LogP contribution in [0.2, 0.25) is 0 Å². The van der Waals surface area contributed by atoms with Crippen molar-refractivity contribution < 1.29 is 18.9 Å². The first kappa shape index (κ1) is 19.0. The molecule has 0 aliphatic carbocycles. The molecule has 2 fully saturated rings. The number of likely N-dealkylation sites (N-methyl/N-ethyl adjacent to an activating group) is 2. The lowest BCUT2D eigenvalue weighted by Gasteiger charge is -2.31. The fourth-order valence-corrected chi connectivity index (χ4v) is 3.97. The highest BCUT2D eigenvalue weighted by molar-refractivity contribution is 6.23. The van der Waals surface area contributed by atoms with Gasteiger partial charge in [0.2, 0.25) is 0 Å². The average molecular weight is 364 g/mol. The topological polar surface area (TPSA) is 68.5 Å². The summed E-state index contributed by atoms with van der Waals surface area (Å²) in [6.07, 6.45) is 2.45. The van der Waals surface area contributed by atoms with E-state index < -0.39 is 6.04 Å². The van der Waals surface area contributed by atoms with Gasteiger partial charge in [0.1, 0.15) is 13.1 Å². The molecule has 8 heteroatoms. The van der Waals surface area contributed by atoms with Crippen molar-refractivity contribution >= 4 is 23.6 Å². The number of aliphatic imine (C=N–C) groups is 1. The summed E-state index contributed by atoms with van der Waals surface area (Å²) in [5.41, 5.74) is 0. The number of imide groups is 1. The molecule has 2 unspecified atom stereocenters. The number of hydrogen-bond acceptors (Lipinski definition) is 5. The minimum Gasteiger partial charge on any atom is -0.378 e. The summed E-state index contributed by atoms with van der Waals surface area (Å²) in [5.74, 6) is 1.86. The third-order valence-electron chi connectivity index (χ3n) is 5.40. The van der Waals surface area contributed by atoms with Crippen LogP contribution in [0.5, 0.6) is 0 Å². The van der Waals surface area contributed by atoms with Crippen molar-refractivity contribution in [2.24, 2.45) is 10.9 Å². The number of hydrogen-bond donors (Lipinski definition) is 0. The molecule has 0 aromatic rings. The Labute approximate surface area is 155 Å². The number of carbonyl (C=O) groups excluding carboxylic acids is 2. The highest BCUT2D eigenvalue weighted by Crippen LogP contribution is 2.21. The number of carbonyl (C=O) groups is 2. The van der Waals surface area contributed by atoms with Gasteiger partial charge in [0.05, 0.1) is 6.61 Å². The normalized spacial score (nSPS) is 27.3. The monoisotopic (exact) mass is 364 g/mol. The molecule has 26 heavy (non-hydrogen) atoms. The van der Waals surface area contributed by atoms with E-state index in [9.17, 15) is 9.59 Å². The molecule has 3 heterocycles. The molecule has 8 nitrogen and oxygen atoms in total. The molecular weight excluding hydrogens is 334 g/mol. The molecule has 3 amide bonds. The van der Waals surface area contributed by atoms with E-state index >= 15 is 0 Å². The first-order valence-corrected chi connectivity index (χ1v) is 9.50. The standard InChI is InChI=1S/C18H30N5O3/c1-5-26-10-9-23-14(12-22-8-6-7-13(2)11-22)19-16-15(23)17(24)21(4)18(25)20(16)3/h13,15H,5-12H2,1-4H3/q+1. The average Bonchev–Trinajstić information content (AvgIpc) is 2.97. The van der Waals surface area contributed by atoms with Crippen molar-refractivity contribution in [3.63, 3.8) is 0 Å².